The van der Waals surface area contributed by atoms with Crippen LogP contribution in [0.1, 0.15) is 34.1 Å². The summed E-state index contributed by atoms with van der Waals surface area (Å²) in [6, 6.07) is 14.4. The largest absolute Gasteiger partial charge is 0.455 e. The first-order valence-electron chi connectivity index (χ1n) is 9.39. The molecule has 1 unspecified atom stereocenters. The van der Waals surface area contributed by atoms with Gasteiger partial charge in [0.25, 0.3) is 5.91 Å². The van der Waals surface area contributed by atoms with E-state index in [0.29, 0.717) is 18.0 Å². The molecule has 0 N–H and O–H groups in total. The van der Waals surface area contributed by atoms with Gasteiger partial charge in [-0.3, -0.25) is 9.78 Å². The van der Waals surface area contributed by atoms with Gasteiger partial charge in [0.15, 0.2) is 6.61 Å². The Hall–Kier alpha value is -3.19. The smallest absolute Gasteiger partial charge is 0.342 e. The number of ether oxygens (including phenoxy) is 2. The summed E-state index contributed by atoms with van der Waals surface area (Å²) in [6.07, 6.45) is 5.08. The standard InChI is InChI=1S/C22H20N2O4S/c25-21(24-12-4-8-18(24)20-10-5-13-29-20)15-27-22(26)17-7-1-2-9-19(17)28-16-6-3-11-23-14-16/h1-3,5-7,9-11,13-14,18H,4,8,12,15H2. The summed E-state index contributed by atoms with van der Waals surface area (Å²) in [5.41, 5.74) is 0.264. The lowest BCUT2D eigenvalue weighted by molar-refractivity contribution is -0.135. The van der Waals surface area contributed by atoms with Crippen molar-refractivity contribution in [3.8, 4) is 11.5 Å². The van der Waals surface area contributed by atoms with Crippen molar-refractivity contribution in [2.24, 2.45) is 0 Å². The van der Waals surface area contributed by atoms with Crippen molar-refractivity contribution in [3.63, 3.8) is 0 Å². The molecule has 1 aliphatic heterocycles. The minimum atomic E-state index is -0.593. The lowest BCUT2D eigenvalue weighted by atomic mass is 10.2. The molecular formula is C22H20N2O4S. The Balaban J connectivity index is 1.40. The third kappa shape index (κ3) is 4.46. The zero-order chi connectivity index (χ0) is 20.1. The van der Waals surface area contributed by atoms with Crippen LogP contribution in [0.3, 0.4) is 0 Å². The first kappa shape index (κ1) is 19.1. The van der Waals surface area contributed by atoms with E-state index >= 15 is 0 Å². The van der Waals surface area contributed by atoms with E-state index in [1.54, 1.807) is 65.0 Å². The number of aromatic nitrogens is 1. The number of nitrogens with zero attached hydrogens (tertiary/aromatic N) is 2. The van der Waals surface area contributed by atoms with E-state index in [2.05, 4.69) is 4.98 Å². The Morgan fingerprint density at radius 1 is 1.14 bits per heavy atom. The van der Waals surface area contributed by atoms with Crippen molar-refractivity contribution in [2.45, 2.75) is 18.9 Å². The van der Waals surface area contributed by atoms with Crippen LogP contribution < -0.4 is 4.74 Å². The molecule has 148 valence electrons. The molecule has 1 fully saturated rings. The maximum absolute atomic E-state index is 12.7. The second-order valence-corrected chi connectivity index (χ2v) is 7.60. The van der Waals surface area contributed by atoms with Gasteiger partial charge in [0.1, 0.15) is 17.1 Å². The zero-order valence-corrected chi connectivity index (χ0v) is 16.5. The number of rotatable bonds is 6. The fourth-order valence-electron chi connectivity index (χ4n) is 3.39. The lowest BCUT2D eigenvalue weighted by Crippen LogP contribution is -2.34. The normalized spacial score (nSPS) is 15.9. The minimum absolute atomic E-state index is 0.0717. The molecule has 4 rings (SSSR count). The molecule has 0 saturated carbocycles. The Kier molecular flexibility index (Phi) is 5.86. The number of hydrogen-bond donors (Lipinski definition) is 0. The van der Waals surface area contributed by atoms with E-state index in [4.69, 9.17) is 9.47 Å². The van der Waals surface area contributed by atoms with Gasteiger partial charge in [-0.25, -0.2) is 4.79 Å². The van der Waals surface area contributed by atoms with Crippen LogP contribution in [0.4, 0.5) is 0 Å². The van der Waals surface area contributed by atoms with E-state index in [9.17, 15) is 9.59 Å². The zero-order valence-electron chi connectivity index (χ0n) is 15.7. The average molecular weight is 408 g/mol. The molecule has 0 radical (unpaired) electrons. The van der Waals surface area contributed by atoms with Gasteiger partial charge in [-0.1, -0.05) is 18.2 Å². The molecule has 6 nitrogen and oxygen atoms in total. The number of carbonyl (C=O) groups excluding carboxylic acids is 2. The molecule has 1 aliphatic rings. The van der Waals surface area contributed by atoms with Crippen LogP contribution in [-0.2, 0) is 9.53 Å². The number of pyridine rings is 1. The minimum Gasteiger partial charge on any atom is -0.455 e. The second kappa shape index (κ2) is 8.87. The number of esters is 1. The Morgan fingerprint density at radius 2 is 2.03 bits per heavy atom. The SMILES string of the molecule is O=C(OCC(=O)N1CCCC1c1cccs1)c1ccccc1Oc1cccnc1. The monoisotopic (exact) mass is 408 g/mol. The van der Waals surface area contributed by atoms with Crippen molar-refractivity contribution in [2.75, 3.05) is 13.2 Å². The summed E-state index contributed by atoms with van der Waals surface area (Å²) in [6.45, 7) is 0.390. The number of thiophene rings is 1. The summed E-state index contributed by atoms with van der Waals surface area (Å²) < 4.78 is 11.1. The van der Waals surface area contributed by atoms with Gasteiger partial charge in [0, 0.05) is 17.6 Å². The molecule has 0 bridgehead atoms. The maximum atomic E-state index is 12.7. The van der Waals surface area contributed by atoms with Crippen LogP contribution in [0.5, 0.6) is 11.5 Å². The number of amides is 1. The van der Waals surface area contributed by atoms with Gasteiger partial charge in [-0.05, 0) is 48.6 Å². The highest BCUT2D eigenvalue weighted by molar-refractivity contribution is 7.10. The van der Waals surface area contributed by atoms with Gasteiger partial charge in [0.05, 0.1) is 12.2 Å². The predicted molar refractivity (Wildman–Crippen MR) is 109 cm³/mol. The van der Waals surface area contributed by atoms with Crippen LogP contribution >= 0.6 is 11.3 Å². The van der Waals surface area contributed by atoms with Crippen molar-refractivity contribution in [1.82, 2.24) is 9.88 Å². The maximum Gasteiger partial charge on any atom is 0.342 e. The molecule has 2 aromatic heterocycles. The molecule has 1 saturated heterocycles. The molecular weight excluding hydrogens is 388 g/mol. The topological polar surface area (TPSA) is 68.7 Å². The predicted octanol–water partition coefficient (Wildman–Crippen LogP) is 4.46. The number of para-hydroxylation sites is 1. The quantitative estimate of drug-likeness (QED) is 0.564. The van der Waals surface area contributed by atoms with Gasteiger partial charge in [-0.15, -0.1) is 11.3 Å². The molecule has 0 aliphatic carbocycles. The van der Waals surface area contributed by atoms with Gasteiger partial charge >= 0.3 is 5.97 Å². The number of benzene rings is 1. The van der Waals surface area contributed by atoms with E-state index in [1.807, 2.05) is 17.5 Å². The Bertz CT molecular complexity index is 975. The molecule has 1 atom stereocenters. The van der Waals surface area contributed by atoms with Crippen LogP contribution in [-0.4, -0.2) is 34.9 Å². The van der Waals surface area contributed by atoms with Crippen molar-refractivity contribution in [1.29, 1.82) is 0 Å². The summed E-state index contributed by atoms with van der Waals surface area (Å²) in [5, 5.41) is 2.01. The third-order valence-electron chi connectivity index (χ3n) is 4.74. The number of carbonyl (C=O) groups is 2. The molecule has 29 heavy (non-hydrogen) atoms. The highest BCUT2D eigenvalue weighted by Gasteiger charge is 2.31. The molecule has 7 heteroatoms. The van der Waals surface area contributed by atoms with Crippen molar-refractivity contribution >= 4 is 23.2 Å². The van der Waals surface area contributed by atoms with E-state index in [0.717, 1.165) is 17.7 Å². The summed E-state index contributed by atoms with van der Waals surface area (Å²) >= 11 is 1.64. The fourth-order valence-corrected chi connectivity index (χ4v) is 4.26. The molecule has 1 aromatic carbocycles. The first-order valence-corrected chi connectivity index (χ1v) is 10.3. The van der Waals surface area contributed by atoms with Crippen LogP contribution in [0, 0.1) is 0 Å². The van der Waals surface area contributed by atoms with E-state index < -0.39 is 5.97 Å². The van der Waals surface area contributed by atoms with Gasteiger partial charge in [-0.2, -0.15) is 0 Å². The van der Waals surface area contributed by atoms with Crippen molar-refractivity contribution in [3.05, 3.63) is 76.7 Å². The summed E-state index contributed by atoms with van der Waals surface area (Å²) in [5.74, 6) is 0.0971. The molecule has 0 spiro atoms. The average Bonchev–Trinajstić information content (AvgIpc) is 3.44. The van der Waals surface area contributed by atoms with Crippen molar-refractivity contribution < 1.29 is 19.1 Å². The van der Waals surface area contributed by atoms with Crippen LogP contribution in [0.25, 0.3) is 0 Å². The highest BCUT2D eigenvalue weighted by Crippen LogP contribution is 2.34. The number of hydrogen-bond acceptors (Lipinski definition) is 6. The fraction of sp³-hybridized carbons (Fsp3) is 0.227. The Morgan fingerprint density at radius 3 is 2.83 bits per heavy atom. The third-order valence-corrected chi connectivity index (χ3v) is 5.71. The van der Waals surface area contributed by atoms with E-state index in [-0.39, 0.29) is 24.1 Å². The van der Waals surface area contributed by atoms with Crippen LogP contribution in [0.2, 0.25) is 0 Å². The van der Waals surface area contributed by atoms with Crippen LogP contribution in [0.15, 0.2) is 66.3 Å². The number of likely N-dealkylation sites (tertiary alicyclic amines) is 1. The molecule has 3 heterocycles. The van der Waals surface area contributed by atoms with Gasteiger partial charge in [0.2, 0.25) is 0 Å². The summed E-state index contributed by atoms with van der Waals surface area (Å²) in [4.78, 5) is 32.2. The molecule has 3 aromatic rings. The molecule has 1 amide bonds. The van der Waals surface area contributed by atoms with E-state index in [1.165, 1.54) is 0 Å². The summed E-state index contributed by atoms with van der Waals surface area (Å²) in [7, 11) is 0. The second-order valence-electron chi connectivity index (χ2n) is 6.62. The Labute approximate surface area is 172 Å². The first-order chi connectivity index (χ1) is 14.2. The lowest BCUT2D eigenvalue weighted by Gasteiger charge is -2.23. The van der Waals surface area contributed by atoms with Gasteiger partial charge < -0.3 is 14.4 Å². The highest BCUT2D eigenvalue weighted by atomic mass is 32.1.